The summed E-state index contributed by atoms with van der Waals surface area (Å²) in [5.74, 6) is 7.36. The summed E-state index contributed by atoms with van der Waals surface area (Å²) in [6.07, 6.45) is 3.90. The number of halogens is 1. The van der Waals surface area contributed by atoms with Crippen molar-refractivity contribution in [2.24, 2.45) is 10.9 Å². The van der Waals surface area contributed by atoms with Crippen molar-refractivity contribution in [1.82, 2.24) is 29.1 Å². The monoisotopic (exact) mass is 542 g/mol. The zero-order valence-corrected chi connectivity index (χ0v) is 21.2. The molecule has 0 unspecified atom stereocenters. The number of fused-ring (bicyclic) bond motifs is 2. The van der Waals surface area contributed by atoms with Gasteiger partial charge in [-0.05, 0) is 53.0 Å². The fraction of sp³-hybridized carbons (Fsp3) is 0.348. The zero-order valence-electron chi connectivity index (χ0n) is 19.6. The van der Waals surface area contributed by atoms with E-state index in [1.54, 1.807) is 31.4 Å². The van der Waals surface area contributed by atoms with Gasteiger partial charge in [-0.1, -0.05) is 26.3 Å². The molecule has 0 saturated carbocycles. The van der Waals surface area contributed by atoms with Crippen molar-refractivity contribution in [2.75, 3.05) is 7.11 Å². The Labute approximate surface area is 209 Å². The molecule has 4 aromatic rings. The van der Waals surface area contributed by atoms with E-state index in [0.717, 1.165) is 19.3 Å². The smallest absolute Gasteiger partial charge is 0.286 e. The van der Waals surface area contributed by atoms with Gasteiger partial charge >= 0.3 is 0 Å². The van der Waals surface area contributed by atoms with Gasteiger partial charge in [0.25, 0.3) is 5.56 Å². The predicted molar refractivity (Wildman–Crippen MR) is 136 cm³/mol. The Morgan fingerprint density at radius 1 is 1.26 bits per heavy atom. The van der Waals surface area contributed by atoms with Crippen LogP contribution in [0.2, 0.25) is 0 Å². The number of imidazole rings is 1. The van der Waals surface area contributed by atoms with Crippen LogP contribution in [0.5, 0.6) is 5.75 Å². The Morgan fingerprint density at radius 3 is 2.71 bits per heavy atom. The van der Waals surface area contributed by atoms with Crippen LogP contribution in [-0.4, -0.2) is 42.1 Å². The molecule has 4 rings (SSSR count). The third kappa shape index (κ3) is 5.13. The molecule has 0 aliphatic carbocycles. The first kappa shape index (κ1) is 24.6. The number of hydrogen-bond donors (Lipinski definition) is 2. The van der Waals surface area contributed by atoms with E-state index in [1.165, 1.54) is 4.40 Å². The Balaban J connectivity index is 1.61. The lowest BCUT2D eigenvalue weighted by atomic mass is 10.2. The molecule has 3 heterocycles. The van der Waals surface area contributed by atoms with E-state index >= 15 is 0 Å². The first-order chi connectivity index (χ1) is 17.0. The van der Waals surface area contributed by atoms with E-state index in [-0.39, 0.29) is 11.5 Å². The van der Waals surface area contributed by atoms with E-state index < -0.39 is 0 Å². The highest BCUT2D eigenvalue weighted by Gasteiger charge is 2.19. The van der Waals surface area contributed by atoms with Crippen molar-refractivity contribution >= 4 is 38.8 Å². The number of aryl methyl sites for hydroxylation is 2. The van der Waals surface area contributed by atoms with Crippen LogP contribution >= 0.6 is 15.9 Å². The molecule has 0 aliphatic heterocycles. The third-order valence-electron chi connectivity index (χ3n) is 5.61. The second kappa shape index (κ2) is 10.8. The Morgan fingerprint density at radius 2 is 2.03 bits per heavy atom. The summed E-state index contributed by atoms with van der Waals surface area (Å²) in [5.41, 5.74) is 1.91. The molecule has 1 aromatic carbocycles. The summed E-state index contributed by atoms with van der Waals surface area (Å²) in [5, 5.41) is 8.62. The number of aromatic amines is 1. The maximum atomic E-state index is 13.3. The zero-order chi connectivity index (χ0) is 24.9. The maximum absolute atomic E-state index is 13.3. The molecular weight excluding hydrogens is 516 g/mol. The molecule has 0 bridgehead atoms. The van der Waals surface area contributed by atoms with Crippen LogP contribution in [0.4, 0.5) is 0 Å². The number of nitrogens with one attached hydrogen (secondary N) is 1. The minimum atomic E-state index is -0.252. The van der Waals surface area contributed by atoms with Gasteiger partial charge in [0.2, 0.25) is 11.7 Å². The Kier molecular flexibility index (Phi) is 7.61. The van der Waals surface area contributed by atoms with Crippen LogP contribution in [0.15, 0.2) is 51.1 Å². The van der Waals surface area contributed by atoms with Crippen molar-refractivity contribution < 1.29 is 9.57 Å². The standard InChI is InChI=1S/C23H27BrN8O3/c1-4-5-6-13-31-19-18(27-22(24)28-19)21(33)32-17(29-30-23(31)32)12-7-14(2)26-20(35-25)15-8-10-16(34-3)11-9-15/h8-11H,2,4-7,12-13,25H2,1,3H3,(H,27,28). The average molecular weight is 543 g/mol. The minimum absolute atomic E-state index is 0.228. The number of unbranched alkanes of at least 4 members (excludes halogenated alkanes) is 2. The molecule has 0 fully saturated rings. The van der Waals surface area contributed by atoms with Gasteiger partial charge in [-0.15, -0.1) is 10.2 Å². The summed E-state index contributed by atoms with van der Waals surface area (Å²) in [6.45, 7) is 6.83. The van der Waals surface area contributed by atoms with Crippen LogP contribution < -0.4 is 16.2 Å². The van der Waals surface area contributed by atoms with E-state index in [4.69, 9.17) is 15.5 Å². The fourth-order valence-corrected chi connectivity index (χ4v) is 4.18. The van der Waals surface area contributed by atoms with Crippen LogP contribution in [0.25, 0.3) is 16.9 Å². The quantitative estimate of drug-likeness (QED) is 0.103. The van der Waals surface area contributed by atoms with E-state index in [2.05, 4.69) is 54.6 Å². The highest BCUT2D eigenvalue weighted by Crippen LogP contribution is 2.18. The molecule has 35 heavy (non-hydrogen) atoms. The number of aromatic nitrogens is 6. The van der Waals surface area contributed by atoms with Crippen molar-refractivity contribution in [3.05, 3.63) is 63.0 Å². The van der Waals surface area contributed by atoms with E-state index in [9.17, 15) is 4.79 Å². The van der Waals surface area contributed by atoms with Gasteiger partial charge in [0.15, 0.2) is 15.9 Å². The van der Waals surface area contributed by atoms with Crippen molar-refractivity contribution in [3.63, 3.8) is 0 Å². The predicted octanol–water partition coefficient (Wildman–Crippen LogP) is 3.51. The number of hydrogen-bond acceptors (Lipinski definition) is 8. The summed E-state index contributed by atoms with van der Waals surface area (Å²) < 4.78 is 9.12. The fourth-order valence-electron chi connectivity index (χ4n) is 3.81. The van der Waals surface area contributed by atoms with Crippen molar-refractivity contribution in [2.45, 2.75) is 45.6 Å². The van der Waals surface area contributed by atoms with Gasteiger partial charge in [-0.3, -0.25) is 9.36 Å². The van der Waals surface area contributed by atoms with Crippen molar-refractivity contribution in [1.29, 1.82) is 0 Å². The van der Waals surface area contributed by atoms with Gasteiger partial charge < -0.3 is 14.6 Å². The molecule has 0 aliphatic rings. The Hall–Kier alpha value is -3.51. The number of ether oxygens (including phenoxy) is 1. The first-order valence-electron chi connectivity index (χ1n) is 11.3. The number of allylic oxidation sites excluding steroid dienone is 1. The molecule has 12 heteroatoms. The lowest BCUT2D eigenvalue weighted by Crippen LogP contribution is -2.21. The lowest BCUT2D eigenvalue weighted by molar-refractivity contribution is 0.321. The van der Waals surface area contributed by atoms with Gasteiger partial charge in [0, 0.05) is 24.2 Å². The van der Waals surface area contributed by atoms with Gasteiger partial charge in [0.1, 0.15) is 11.6 Å². The summed E-state index contributed by atoms with van der Waals surface area (Å²) >= 11 is 3.34. The lowest BCUT2D eigenvalue weighted by Gasteiger charge is -2.09. The molecule has 0 saturated heterocycles. The number of nitrogens with zero attached hydrogens (tertiary/aromatic N) is 6. The number of rotatable bonds is 10. The molecular formula is C23H27BrN8O3. The minimum Gasteiger partial charge on any atom is -0.497 e. The molecule has 0 amide bonds. The molecule has 3 aromatic heterocycles. The number of benzene rings is 1. The van der Waals surface area contributed by atoms with E-state index in [1.807, 2.05) is 4.57 Å². The van der Waals surface area contributed by atoms with Crippen molar-refractivity contribution in [3.8, 4) is 5.75 Å². The number of methoxy groups -OCH3 is 1. The normalized spacial score (nSPS) is 11.9. The number of H-pyrrole nitrogens is 1. The second-order valence-electron chi connectivity index (χ2n) is 7.97. The Bertz CT molecular complexity index is 1440. The number of nitrogens with two attached hydrogens (primary N) is 1. The average Bonchev–Trinajstić information content (AvgIpc) is 3.47. The van der Waals surface area contributed by atoms with Crippen LogP contribution in [0.3, 0.4) is 0 Å². The topological polar surface area (TPSA) is 138 Å². The molecule has 11 nitrogen and oxygen atoms in total. The van der Waals surface area contributed by atoms with Gasteiger partial charge in [-0.25, -0.2) is 14.4 Å². The molecule has 3 N–H and O–H groups in total. The van der Waals surface area contributed by atoms with Gasteiger partial charge in [-0.2, -0.15) is 5.90 Å². The first-order valence-corrected chi connectivity index (χ1v) is 12.1. The third-order valence-corrected chi connectivity index (χ3v) is 5.99. The second-order valence-corrected chi connectivity index (χ2v) is 8.72. The summed E-state index contributed by atoms with van der Waals surface area (Å²) in [4.78, 5) is 30.1. The maximum Gasteiger partial charge on any atom is 0.286 e. The SMILES string of the molecule is C=C(CCc1nnc2n(CCCCC)c3nc(Br)[nH]c3c(=O)n12)N=C(ON)c1ccc(OC)cc1. The highest BCUT2D eigenvalue weighted by atomic mass is 79.9. The molecule has 0 spiro atoms. The summed E-state index contributed by atoms with van der Waals surface area (Å²) in [6, 6.07) is 7.15. The van der Waals surface area contributed by atoms with Crippen LogP contribution in [0.1, 0.15) is 44.0 Å². The largest absolute Gasteiger partial charge is 0.497 e. The highest BCUT2D eigenvalue weighted by molar-refractivity contribution is 9.10. The van der Waals surface area contributed by atoms with Gasteiger partial charge in [0.05, 0.1) is 7.11 Å². The van der Waals surface area contributed by atoms with Crippen LogP contribution in [-0.2, 0) is 17.8 Å². The summed E-state index contributed by atoms with van der Waals surface area (Å²) in [7, 11) is 1.59. The molecule has 0 radical (unpaired) electrons. The molecule has 0 atom stereocenters. The van der Waals surface area contributed by atoms with Crippen LogP contribution in [0, 0.1) is 0 Å². The number of aliphatic imine (C=N–C) groups is 1. The van der Waals surface area contributed by atoms with E-state index in [0.29, 0.717) is 63.9 Å². The molecule has 184 valence electrons.